The molecular formula is C31H39NO3S. The van der Waals surface area contributed by atoms with Crippen molar-refractivity contribution in [1.29, 1.82) is 0 Å². The molecule has 2 aromatic rings. The molecule has 0 spiro atoms. The predicted octanol–water partition coefficient (Wildman–Crippen LogP) is 7.54. The van der Waals surface area contributed by atoms with Crippen LogP contribution in [0.15, 0.2) is 53.4 Å². The molecule has 0 aliphatic heterocycles. The monoisotopic (exact) mass is 505 g/mol. The van der Waals surface area contributed by atoms with Crippen LogP contribution >= 0.6 is 11.8 Å². The maximum Gasteiger partial charge on any atom is 0.230 e. The minimum absolute atomic E-state index is 0.0169. The molecule has 0 aromatic heterocycles. The summed E-state index contributed by atoms with van der Waals surface area (Å²) < 4.78 is 0. The van der Waals surface area contributed by atoms with Crippen LogP contribution in [0, 0.1) is 10.8 Å². The van der Waals surface area contributed by atoms with Gasteiger partial charge in [-0.15, -0.1) is 0 Å². The number of ketones is 1. The van der Waals surface area contributed by atoms with Crippen molar-refractivity contribution in [2.75, 3.05) is 5.32 Å². The SMILES string of the molecule is CC1(C(=O)Cc2cccc(CC(=O)Sc3ccccc3NC(=O)C3(C)CCCCC3)c2)CCCCC1. The van der Waals surface area contributed by atoms with Gasteiger partial charge in [-0.05, 0) is 60.7 Å². The lowest BCUT2D eigenvalue weighted by atomic mass is 9.71. The number of thioether (sulfide) groups is 1. The summed E-state index contributed by atoms with van der Waals surface area (Å²) in [4.78, 5) is 39.8. The van der Waals surface area contributed by atoms with Gasteiger partial charge in [0, 0.05) is 28.6 Å². The Bertz CT molecular complexity index is 1100. The first-order chi connectivity index (χ1) is 17.3. The number of carbonyl (C=O) groups excluding carboxylic acids is 3. The second-order valence-corrected chi connectivity index (χ2v) is 12.4. The van der Waals surface area contributed by atoms with Crippen LogP contribution in [0.3, 0.4) is 0 Å². The molecule has 2 aliphatic rings. The molecule has 2 fully saturated rings. The van der Waals surface area contributed by atoms with Crippen LogP contribution in [0.1, 0.15) is 89.2 Å². The van der Waals surface area contributed by atoms with Crippen LogP contribution < -0.4 is 5.32 Å². The average Bonchev–Trinajstić information content (AvgIpc) is 2.86. The van der Waals surface area contributed by atoms with Crippen LogP contribution in [-0.4, -0.2) is 16.8 Å². The van der Waals surface area contributed by atoms with E-state index in [0.29, 0.717) is 17.9 Å². The van der Waals surface area contributed by atoms with Crippen LogP contribution in [0.25, 0.3) is 0 Å². The van der Waals surface area contributed by atoms with Crippen molar-refractivity contribution in [2.24, 2.45) is 10.8 Å². The zero-order valence-corrected chi connectivity index (χ0v) is 22.6. The predicted molar refractivity (Wildman–Crippen MR) is 147 cm³/mol. The van der Waals surface area contributed by atoms with E-state index in [1.54, 1.807) is 0 Å². The van der Waals surface area contributed by atoms with Crippen molar-refractivity contribution in [3.05, 3.63) is 59.7 Å². The largest absolute Gasteiger partial charge is 0.325 e. The highest BCUT2D eigenvalue weighted by Crippen LogP contribution is 2.39. The first-order valence-corrected chi connectivity index (χ1v) is 14.3. The lowest BCUT2D eigenvalue weighted by molar-refractivity contribution is -0.129. The van der Waals surface area contributed by atoms with Gasteiger partial charge in [-0.2, -0.15) is 0 Å². The summed E-state index contributed by atoms with van der Waals surface area (Å²) >= 11 is 1.17. The third-order valence-corrected chi connectivity index (χ3v) is 9.15. The van der Waals surface area contributed by atoms with Crippen LogP contribution in [0.4, 0.5) is 5.69 Å². The van der Waals surface area contributed by atoms with Gasteiger partial charge in [-0.25, -0.2) is 0 Å². The number of rotatable bonds is 8. The molecule has 4 rings (SSSR count). The molecule has 0 atom stereocenters. The van der Waals surface area contributed by atoms with Crippen LogP contribution in [-0.2, 0) is 27.2 Å². The van der Waals surface area contributed by atoms with E-state index in [1.165, 1.54) is 24.6 Å². The minimum Gasteiger partial charge on any atom is -0.325 e. The van der Waals surface area contributed by atoms with Crippen molar-refractivity contribution in [2.45, 2.75) is 95.8 Å². The maximum atomic E-state index is 13.0. The van der Waals surface area contributed by atoms with Crippen molar-refractivity contribution in [3.63, 3.8) is 0 Å². The van der Waals surface area contributed by atoms with Crippen molar-refractivity contribution < 1.29 is 14.4 Å². The third kappa shape index (κ3) is 6.67. The Labute approximate surface area is 220 Å². The number of nitrogens with one attached hydrogen (secondary N) is 1. The summed E-state index contributed by atoms with van der Waals surface area (Å²) in [5.74, 6) is 0.364. The molecule has 0 bridgehead atoms. The third-order valence-electron chi connectivity index (χ3n) is 8.20. The molecule has 192 valence electrons. The number of benzene rings is 2. The zero-order chi connectivity index (χ0) is 25.6. The summed E-state index contributed by atoms with van der Waals surface area (Å²) in [5.41, 5.74) is 2.06. The van der Waals surface area contributed by atoms with Crippen molar-refractivity contribution >= 4 is 34.3 Å². The summed E-state index contributed by atoms with van der Waals surface area (Å²) in [7, 11) is 0. The molecule has 1 amide bonds. The Morgan fingerprint density at radius 1 is 0.750 bits per heavy atom. The second kappa shape index (κ2) is 11.8. The summed E-state index contributed by atoms with van der Waals surface area (Å²) in [6.07, 6.45) is 11.4. The van der Waals surface area contributed by atoms with Gasteiger partial charge in [0.1, 0.15) is 5.78 Å². The van der Waals surface area contributed by atoms with E-state index >= 15 is 0 Å². The minimum atomic E-state index is -0.341. The molecule has 0 unspecified atom stereocenters. The Morgan fingerprint density at radius 3 is 2.00 bits per heavy atom. The smallest absolute Gasteiger partial charge is 0.230 e. The quantitative estimate of drug-likeness (QED) is 0.376. The number of carbonyl (C=O) groups is 3. The molecule has 4 nitrogen and oxygen atoms in total. The molecule has 36 heavy (non-hydrogen) atoms. The maximum absolute atomic E-state index is 13.0. The zero-order valence-electron chi connectivity index (χ0n) is 21.7. The summed E-state index contributed by atoms with van der Waals surface area (Å²) in [5, 5.41) is 3.12. The van der Waals surface area contributed by atoms with Crippen molar-refractivity contribution in [1.82, 2.24) is 0 Å². The summed E-state index contributed by atoms with van der Waals surface area (Å²) in [6, 6.07) is 15.4. The van der Waals surface area contributed by atoms with E-state index in [-0.39, 0.29) is 28.3 Å². The molecule has 1 N–H and O–H groups in total. The molecule has 2 aromatic carbocycles. The lowest BCUT2D eigenvalue weighted by Gasteiger charge is -2.32. The Morgan fingerprint density at radius 2 is 1.33 bits per heavy atom. The number of hydrogen-bond acceptors (Lipinski definition) is 4. The van der Waals surface area contributed by atoms with Gasteiger partial charge >= 0.3 is 0 Å². The van der Waals surface area contributed by atoms with E-state index in [0.717, 1.165) is 67.4 Å². The van der Waals surface area contributed by atoms with E-state index in [2.05, 4.69) is 19.2 Å². The number of hydrogen-bond donors (Lipinski definition) is 1. The fraction of sp³-hybridized carbons (Fsp3) is 0.516. The Hall–Kier alpha value is -2.40. The number of Topliss-reactive ketones (excluding diaryl/α,β-unsaturated/α-hetero) is 1. The molecule has 5 heteroatoms. The number of para-hydroxylation sites is 1. The van der Waals surface area contributed by atoms with Crippen LogP contribution in [0.2, 0.25) is 0 Å². The molecule has 0 radical (unpaired) electrons. The Kier molecular flexibility index (Phi) is 8.71. The Balaban J connectivity index is 1.37. The average molecular weight is 506 g/mol. The molecule has 0 saturated heterocycles. The van der Waals surface area contributed by atoms with Gasteiger partial charge in [-0.3, -0.25) is 14.4 Å². The molecule has 0 heterocycles. The van der Waals surface area contributed by atoms with Gasteiger partial charge in [0.15, 0.2) is 5.12 Å². The van der Waals surface area contributed by atoms with Gasteiger partial charge in [0.05, 0.1) is 5.69 Å². The molecule has 2 saturated carbocycles. The highest BCUT2D eigenvalue weighted by Gasteiger charge is 2.35. The van der Waals surface area contributed by atoms with Crippen LogP contribution in [0.5, 0.6) is 0 Å². The van der Waals surface area contributed by atoms with E-state index in [4.69, 9.17) is 0 Å². The first kappa shape index (κ1) is 26.7. The summed E-state index contributed by atoms with van der Waals surface area (Å²) in [6.45, 7) is 4.16. The molecule has 2 aliphatic carbocycles. The highest BCUT2D eigenvalue weighted by molar-refractivity contribution is 8.13. The van der Waals surface area contributed by atoms with Gasteiger partial charge in [0.2, 0.25) is 5.91 Å². The topological polar surface area (TPSA) is 63.2 Å². The lowest BCUT2D eigenvalue weighted by Crippen LogP contribution is -2.35. The van der Waals surface area contributed by atoms with Gasteiger partial charge < -0.3 is 5.32 Å². The highest BCUT2D eigenvalue weighted by atomic mass is 32.2. The van der Waals surface area contributed by atoms with Gasteiger partial charge in [-0.1, -0.05) is 88.8 Å². The number of anilines is 1. The number of amides is 1. The first-order valence-electron chi connectivity index (χ1n) is 13.5. The fourth-order valence-corrected chi connectivity index (χ4v) is 6.54. The van der Waals surface area contributed by atoms with E-state index < -0.39 is 0 Å². The van der Waals surface area contributed by atoms with E-state index in [1.807, 2.05) is 48.5 Å². The fourth-order valence-electron chi connectivity index (χ4n) is 5.68. The van der Waals surface area contributed by atoms with Gasteiger partial charge in [0.25, 0.3) is 0 Å². The molecular weight excluding hydrogens is 466 g/mol. The normalized spacial score (nSPS) is 18.8. The van der Waals surface area contributed by atoms with E-state index in [9.17, 15) is 14.4 Å². The second-order valence-electron chi connectivity index (χ2n) is 11.3. The van der Waals surface area contributed by atoms with Crippen molar-refractivity contribution in [3.8, 4) is 0 Å². The standard InChI is InChI=1S/C31H39NO3S/c1-30(16-7-3-8-17-30)27(33)21-23-12-11-13-24(20-23)22-28(34)36-26-15-6-5-14-25(26)32-29(35)31(2)18-9-4-10-19-31/h5-6,11-15,20H,3-4,7-10,16-19,21-22H2,1-2H3,(H,32,35).